The van der Waals surface area contributed by atoms with Crippen molar-refractivity contribution in [3.8, 4) is 5.75 Å². The number of aliphatic hydroxyl groups is 1. The number of hydrogen-bond acceptors (Lipinski definition) is 3. The van der Waals surface area contributed by atoms with Gasteiger partial charge in [0.1, 0.15) is 5.75 Å². The summed E-state index contributed by atoms with van der Waals surface area (Å²) in [6.07, 6.45) is 0.288. The van der Waals surface area contributed by atoms with E-state index in [4.69, 9.17) is 4.74 Å². The van der Waals surface area contributed by atoms with Crippen molar-refractivity contribution in [1.29, 1.82) is 0 Å². The molecule has 0 heterocycles. The number of benzene rings is 1. The zero-order chi connectivity index (χ0) is 13.8. The van der Waals surface area contributed by atoms with Crippen LogP contribution in [0.15, 0.2) is 18.2 Å². The number of aliphatic hydroxyl groups excluding tert-OH is 1. The Bertz CT molecular complexity index is 383. The zero-order valence-corrected chi connectivity index (χ0v) is 12.1. The molecule has 3 nitrogen and oxygen atoms in total. The lowest BCUT2D eigenvalue weighted by molar-refractivity contribution is 0.167. The van der Waals surface area contributed by atoms with Crippen LogP contribution in [0.25, 0.3) is 0 Å². The van der Waals surface area contributed by atoms with Gasteiger partial charge < -0.3 is 15.2 Å². The molecule has 0 bridgehead atoms. The van der Waals surface area contributed by atoms with Crippen LogP contribution in [0.2, 0.25) is 0 Å². The highest BCUT2D eigenvalue weighted by Crippen LogP contribution is 2.33. The average molecular weight is 251 g/mol. The first-order valence-corrected chi connectivity index (χ1v) is 6.41. The maximum Gasteiger partial charge on any atom is 0.122 e. The van der Waals surface area contributed by atoms with Crippen LogP contribution in [0, 0.1) is 0 Å². The molecule has 0 radical (unpaired) electrons. The molecule has 0 aliphatic heterocycles. The van der Waals surface area contributed by atoms with Crippen molar-refractivity contribution < 1.29 is 9.84 Å². The van der Waals surface area contributed by atoms with Gasteiger partial charge in [0.15, 0.2) is 0 Å². The third-order valence-corrected chi connectivity index (χ3v) is 3.08. The van der Waals surface area contributed by atoms with Gasteiger partial charge in [-0.3, -0.25) is 0 Å². The van der Waals surface area contributed by atoms with Crippen LogP contribution >= 0.6 is 0 Å². The molecule has 0 spiro atoms. The monoisotopic (exact) mass is 251 g/mol. The second-order valence-corrected chi connectivity index (χ2v) is 5.62. The number of ether oxygens (including phenoxy) is 1. The van der Waals surface area contributed by atoms with Gasteiger partial charge in [0.2, 0.25) is 0 Å². The molecule has 102 valence electrons. The fraction of sp³-hybridized carbons (Fsp3) is 0.600. The Morgan fingerprint density at radius 3 is 2.50 bits per heavy atom. The standard InChI is InChI=1S/C15H25NO2/c1-15(2,3)12-10-11(6-7-14(12)18-5)13(17)8-9-16-4/h6-7,10,13,16-17H,8-9H2,1-5H3. The van der Waals surface area contributed by atoms with Gasteiger partial charge in [-0.1, -0.05) is 26.8 Å². The Labute approximate surface area is 110 Å². The van der Waals surface area contributed by atoms with Crippen molar-refractivity contribution in [3.63, 3.8) is 0 Å². The van der Waals surface area contributed by atoms with Crippen LogP contribution in [0.5, 0.6) is 5.75 Å². The van der Waals surface area contributed by atoms with Crippen LogP contribution in [0.4, 0.5) is 0 Å². The van der Waals surface area contributed by atoms with Crippen molar-refractivity contribution in [2.24, 2.45) is 0 Å². The fourth-order valence-electron chi connectivity index (χ4n) is 1.97. The zero-order valence-electron chi connectivity index (χ0n) is 12.1. The Morgan fingerprint density at radius 2 is 2.00 bits per heavy atom. The van der Waals surface area contributed by atoms with E-state index in [2.05, 4.69) is 32.2 Å². The van der Waals surface area contributed by atoms with Gasteiger partial charge in [-0.2, -0.15) is 0 Å². The fourth-order valence-corrected chi connectivity index (χ4v) is 1.97. The van der Waals surface area contributed by atoms with Gasteiger partial charge in [-0.25, -0.2) is 0 Å². The second kappa shape index (κ2) is 6.21. The van der Waals surface area contributed by atoms with Gasteiger partial charge in [-0.05, 0) is 48.7 Å². The molecule has 0 aliphatic carbocycles. The van der Waals surface area contributed by atoms with Crippen LogP contribution in [-0.4, -0.2) is 25.8 Å². The largest absolute Gasteiger partial charge is 0.496 e. The highest BCUT2D eigenvalue weighted by molar-refractivity contribution is 5.42. The molecule has 3 heteroatoms. The highest BCUT2D eigenvalue weighted by Gasteiger charge is 2.20. The number of nitrogens with one attached hydrogen (secondary N) is 1. The van der Waals surface area contributed by atoms with E-state index in [1.165, 1.54) is 0 Å². The summed E-state index contributed by atoms with van der Waals surface area (Å²) in [4.78, 5) is 0. The van der Waals surface area contributed by atoms with Crippen LogP contribution < -0.4 is 10.1 Å². The molecule has 0 aromatic heterocycles. The molecule has 1 atom stereocenters. The lowest BCUT2D eigenvalue weighted by Crippen LogP contribution is -2.15. The third kappa shape index (κ3) is 3.72. The van der Waals surface area contributed by atoms with E-state index in [-0.39, 0.29) is 5.41 Å². The van der Waals surface area contributed by atoms with E-state index in [9.17, 15) is 5.11 Å². The Kier molecular flexibility index (Phi) is 5.17. The van der Waals surface area contributed by atoms with Crippen LogP contribution in [-0.2, 0) is 5.41 Å². The minimum absolute atomic E-state index is 0.00405. The Balaban J connectivity index is 3.03. The Hall–Kier alpha value is -1.06. The van der Waals surface area contributed by atoms with Gasteiger partial charge in [-0.15, -0.1) is 0 Å². The molecule has 18 heavy (non-hydrogen) atoms. The van der Waals surface area contributed by atoms with Crippen molar-refractivity contribution in [2.45, 2.75) is 38.7 Å². The average Bonchev–Trinajstić information content (AvgIpc) is 2.34. The van der Waals surface area contributed by atoms with E-state index < -0.39 is 6.10 Å². The first-order chi connectivity index (χ1) is 8.40. The molecule has 0 aliphatic rings. The minimum Gasteiger partial charge on any atom is -0.496 e. The van der Waals surface area contributed by atoms with Gasteiger partial charge in [0.25, 0.3) is 0 Å². The smallest absolute Gasteiger partial charge is 0.122 e. The summed E-state index contributed by atoms with van der Waals surface area (Å²) >= 11 is 0. The van der Waals surface area contributed by atoms with Gasteiger partial charge in [0.05, 0.1) is 13.2 Å². The molecular formula is C15H25NO2. The lowest BCUT2D eigenvalue weighted by Gasteiger charge is -2.24. The highest BCUT2D eigenvalue weighted by atomic mass is 16.5. The third-order valence-electron chi connectivity index (χ3n) is 3.08. The summed E-state index contributed by atoms with van der Waals surface area (Å²) in [6.45, 7) is 7.25. The quantitative estimate of drug-likeness (QED) is 0.845. The summed E-state index contributed by atoms with van der Waals surface area (Å²) in [5, 5.41) is 13.2. The van der Waals surface area contributed by atoms with E-state index in [0.717, 1.165) is 23.4 Å². The molecule has 0 fully saturated rings. The Morgan fingerprint density at radius 1 is 1.33 bits per heavy atom. The van der Waals surface area contributed by atoms with Crippen molar-refractivity contribution in [1.82, 2.24) is 5.32 Å². The van der Waals surface area contributed by atoms with Crippen LogP contribution in [0.1, 0.15) is 44.4 Å². The molecule has 2 N–H and O–H groups in total. The first-order valence-electron chi connectivity index (χ1n) is 6.41. The predicted octanol–water partition coefficient (Wildman–Crippen LogP) is 2.64. The van der Waals surface area contributed by atoms with Crippen molar-refractivity contribution in [3.05, 3.63) is 29.3 Å². The van der Waals surface area contributed by atoms with E-state index in [1.54, 1.807) is 7.11 Å². The van der Waals surface area contributed by atoms with E-state index in [1.807, 2.05) is 19.2 Å². The minimum atomic E-state index is -0.426. The van der Waals surface area contributed by atoms with Crippen molar-refractivity contribution >= 4 is 0 Å². The van der Waals surface area contributed by atoms with Crippen molar-refractivity contribution in [2.75, 3.05) is 20.7 Å². The number of methoxy groups -OCH3 is 1. The number of rotatable bonds is 5. The van der Waals surface area contributed by atoms with E-state index in [0.29, 0.717) is 6.42 Å². The predicted molar refractivity (Wildman–Crippen MR) is 75.2 cm³/mol. The topological polar surface area (TPSA) is 41.5 Å². The summed E-state index contributed by atoms with van der Waals surface area (Å²) in [5.74, 6) is 0.882. The molecule has 1 rings (SSSR count). The second-order valence-electron chi connectivity index (χ2n) is 5.62. The first kappa shape index (κ1) is 15.0. The molecule has 1 unspecified atom stereocenters. The summed E-state index contributed by atoms with van der Waals surface area (Å²) in [7, 11) is 3.57. The molecule has 1 aromatic rings. The molecule has 0 amide bonds. The summed E-state index contributed by atoms with van der Waals surface area (Å²) in [5.41, 5.74) is 2.09. The molecular weight excluding hydrogens is 226 g/mol. The maximum atomic E-state index is 10.1. The lowest BCUT2D eigenvalue weighted by atomic mass is 9.84. The molecule has 0 saturated heterocycles. The van der Waals surface area contributed by atoms with Gasteiger partial charge >= 0.3 is 0 Å². The normalized spacial score (nSPS) is 13.4. The van der Waals surface area contributed by atoms with E-state index >= 15 is 0 Å². The SMILES string of the molecule is CNCCC(O)c1ccc(OC)c(C(C)(C)C)c1. The summed E-state index contributed by atoms with van der Waals surface area (Å²) < 4.78 is 5.39. The van der Waals surface area contributed by atoms with Crippen LogP contribution in [0.3, 0.4) is 0 Å². The molecule has 1 aromatic carbocycles. The maximum absolute atomic E-state index is 10.1. The summed E-state index contributed by atoms with van der Waals surface area (Å²) in [6, 6.07) is 5.94. The number of hydrogen-bond donors (Lipinski definition) is 2. The molecule has 0 saturated carbocycles. The van der Waals surface area contributed by atoms with Gasteiger partial charge in [0, 0.05) is 0 Å².